The van der Waals surface area contributed by atoms with Crippen molar-refractivity contribution in [1.29, 1.82) is 0 Å². The molecule has 3 aromatic rings. The number of aromatic nitrogens is 2. The van der Waals surface area contributed by atoms with Gasteiger partial charge < -0.3 is 15.5 Å². The minimum Gasteiger partial charge on any atom is -0.493 e. The normalized spacial score (nSPS) is 10.8. The first-order valence-electron chi connectivity index (χ1n) is 9.18. The Hall–Kier alpha value is -3.56. The van der Waals surface area contributed by atoms with Gasteiger partial charge in [0.15, 0.2) is 5.56 Å². The molecule has 0 aliphatic carbocycles. The highest BCUT2D eigenvalue weighted by Crippen LogP contribution is 2.31. The topological polar surface area (TPSA) is 131 Å². The molecule has 0 spiro atoms. The molecule has 0 unspecified atom stereocenters. The van der Waals surface area contributed by atoms with Gasteiger partial charge in [-0.3, -0.25) is 14.4 Å². The quantitative estimate of drug-likeness (QED) is 0.517. The van der Waals surface area contributed by atoms with Gasteiger partial charge in [0.05, 0.1) is 21.4 Å². The van der Waals surface area contributed by atoms with E-state index in [-0.39, 0.29) is 21.4 Å². The summed E-state index contributed by atoms with van der Waals surface area (Å²) in [7, 11) is 0. The number of nitrogens with zero attached hydrogens (tertiary/aromatic N) is 2. The fourth-order valence-electron chi connectivity index (χ4n) is 3.30. The van der Waals surface area contributed by atoms with Crippen LogP contribution in [0.3, 0.4) is 0 Å². The highest BCUT2D eigenvalue weighted by molar-refractivity contribution is 6.37. The number of benzene rings is 2. The van der Waals surface area contributed by atoms with Crippen LogP contribution in [-0.4, -0.2) is 37.8 Å². The molecule has 32 heavy (non-hydrogen) atoms. The Morgan fingerprint density at radius 3 is 2.00 bits per heavy atom. The van der Waals surface area contributed by atoms with Crippen molar-refractivity contribution in [2.24, 2.45) is 0 Å². The molecule has 1 amide bonds. The molecule has 9 nitrogen and oxygen atoms in total. The summed E-state index contributed by atoms with van der Waals surface area (Å²) in [5.41, 5.74) is -1.85. The van der Waals surface area contributed by atoms with E-state index in [9.17, 15) is 24.3 Å². The van der Waals surface area contributed by atoms with Gasteiger partial charge >= 0.3 is 11.7 Å². The van der Waals surface area contributed by atoms with Crippen LogP contribution in [0.25, 0.3) is 11.4 Å². The van der Waals surface area contributed by atoms with E-state index in [1.165, 1.54) is 18.2 Å². The molecule has 0 aliphatic heterocycles. The number of nitrogens with one attached hydrogen (secondary N) is 1. The van der Waals surface area contributed by atoms with E-state index in [0.29, 0.717) is 15.7 Å². The average molecular weight is 478 g/mol. The Kier molecular flexibility index (Phi) is 6.42. The molecule has 0 fully saturated rings. The molecule has 166 valence electrons. The molecular formula is C21H17Cl2N3O6. The monoisotopic (exact) mass is 477 g/mol. The number of carbonyl (C=O) groups excluding carboxylic acids is 1. The van der Waals surface area contributed by atoms with Gasteiger partial charge in [0, 0.05) is 0 Å². The van der Waals surface area contributed by atoms with Crippen molar-refractivity contribution >= 4 is 35.1 Å². The van der Waals surface area contributed by atoms with E-state index in [2.05, 4.69) is 0 Å². The van der Waals surface area contributed by atoms with Gasteiger partial charge in [-0.1, -0.05) is 47.5 Å². The number of hydrogen-bond acceptors (Lipinski definition) is 5. The third-order valence-corrected chi connectivity index (χ3v) is 5.30. The van der Waals surface area contributed by atoms with Gasteiger partial charge in [-0.15, -0.1) is 0 Å². The smallest absolute Gasteiger partial charge is 0.343 e. The molecule has 1 heterocycles. The number of hydrogen-bond donors (Lipinski definition) is 3. The number of aromatic hydroxyl groups is 1. The van der Waals surface area contributed by atoms with Crippen molar-refractivity contribution in [2.75, 3.05) is 6.54 Å². The second-order valence-corrected chi connectivity index (χ2v) is 7.66. The van der Waals surface area contributed by atoms with Crippen LogP contribution >= 0.6 is 23.2 Å². The minimum atomic E-state index is -1.37. The lowest BCUT2D eigenvalue weighted by Gasteiger charge is -2.19. The Labute approximate surface area is 191 Å². The van der Waals surface area contributed by atoms with Crippen LogP contribution in [-0.2, 0) is 4.79 Å². The lowest BCUT2D eigenvalue weighted by Crippen LogP contribution is -2.44. The van der Waals surface area contributed by atoms with Crippen molar-refractivity contribution in [3.8, 4) is 17.3 Å². The Morgan fingerprint density at radius 2 is 1.47 bits per heavy atom. The van der Waals surface area contributed by atoms with Crippen LogP contribution in [0.1, 0.15) is 21.5 Å². The van der Waals surface area contributed by atoms with E-state index in [1.54, 1.807) is 32.0 Å². The minimum absolute atomic E-state index is 0.0292. The molecule has 11 heteroatoms. The Bertz CT molecular complexity index is 1340. The number of aryl methyl sites for hydroxylation is 2. The molecule has 0 radical (unpaired) electrons. The first kappa shape index (κ1) is 23.1. The summed E-state index contributed by atoms with van der Waals surface area (Å²) in [4.78, 5) is 50.3. The van der Waals surface area contributed by atoms with Gasteiger partial charge in [0.2, 0.25) is 5.88 Å². The summed E-state index contributed by atoms with van der Waals surface area (Å²) < 4.78 is 1.37. The second kappa shape index (κ2) is 8.89. The SMILES string of the molecule is Cc1cccc(C)c1-n1c(=O)c(C(=O)NCC(=O)O)c(O)n(-c2c(Cl)cccc2Cl)c1=O. The zero-order chi connectivity index (χ0) is 23.7. The predicted molar refractivity (Wildman–Crippen MR) is 119 cm³/mol. The predicted octanol–water partition coefficient (Wildman–Crippen LogP) is 2.43. The number of carboxylic acid groups (broad SMARTS) is 1. The van der Waals surface area contributed by atoms with Crippen LogP contribution < -0.4 is 16.6 Å². The van der Waals surface area contributed by atoms with Crippen LogP contribution in [0, 0.1) is 13.8 Å². The number of carboxylic acids is 1. The van der Waals surface area contributed by atoms with E-state index >= 15 is 0 Å². The van der Waals surface area contributed by atoms with Gasteiger partial charge in [-0.25, -0.2) is 13.9 Å². The van der Waals surface area contributed by atoms with Crippen molar-refractivity contribution < 1.29 is 19.8 Å². The number of para-hydroxylation sites is 2. The second-order valence-electron chi connectivity index (χ2n) is 6.84. The summed E-state index contributed by atoms with van der Waals surface area (Å²) in [6.07, 6.45) is 0. The fraction of sp³-hybridized carbons (Fsp3) is 0.143. The molecule has 2 aromatic carbocycles. The summed E-state index contributed by atoms with van der Waals surface area (Å²) >= 11 is 12.4. The van der Waals surface area contributed by atoms with Crippen molar-refractivity contribution in [3.05, 3.63) is 84.0 Å². The van der Waals surface area contributed by atoms with Crippen molar-refractivity contribution in [1.82, 2.24) is 14.5 Å². The molecule has 0 saturated heterocycles. The highest BCUT2D eigenvalue weighted by atomic mass is 35.5. The van der Waals surface area contributed by atoms with E-state index in [0.717, 1.165) is 4.57 Å². The summed E-state index contributed by atoms with van der Waals surface area (Å²) in [6, 6.07) is 9.39. The molecule has 3 rings (SSSR count). The molecule has 0 saturated carbocycles. The third kappa shape index (κ3) is 4.00. The number of carbonyl (C=O) groups is 2. The molecule has 0 bridgehead atoms. The number of aliphatic carboxylic acids is 1. The fourth-order valence-corrected chi connectivity index (χ4v) is 3.87. The molecule has 3 N–H and O–H groups in total. The van der Waals surface area contributed by atoms with E-state index < -0.39 is 41.1 Å². The summed E-state index contributed by atoms with van der Waals surface area (Å²) in [5, 5.41) is 21.6. The number of rotatable bonds is 5. The van der Waals surface area contributed by atoms with Gasteiger partial charge in [-0.2, -0.15) is 0 Å². The first-order chi connectivity index (χ1) is 15.1. The lowest BCUT2D eigenvalue weighted by molar-refractivity contribution is -0.135. The molecule has 0 aliphatic rings. The Morgan fingerprint density at radius 1 is 0.938 bits per heavy atom. The Balaban J connectivity index is 2.50. The zero-order valence-corrected chi connectivity index (χ0v) is 18.4. The molecular weight excluding hydrogens is 461 g/mol. The first-order valence-corrected chi connectivity index (χ1v) is 9.93. The maximum absolute atomic E-state index is 13.5. The van der Waals surface area contributed by atoms with E-state index in [4.69, 9.17) is 28.3 Å². The highest BCUT2D eigenvalue weighted by Gasteiger charge is 2.28. The summed E-state index contributed by atoms with van der Waals surface area (Å²) in [6.45, 7) is 2.52. The van der Waals surface area contributed by atoms with Gasteiger partial charge in [-0.05, 0) is 37.1 Å². The largest absolute Gasteiger partial charge is 0.493 e. The average Bonchev–Trinajstić information content (AvgIpc) is 2.70. The van der Waals surface area contributed by atoms with Gasteiger partial charge in [0.1, 0.15) is 6.54 Å². The van der Waals surface area contributed by atoms with Crippen LogP contribution in [0.5, 0.6) is 5.88 Å². The molecule has 1 aromatic heterocycles. The zero-order valence-electron chi connectivity index (χ0n) is 16.8. The van der Waals surface area contributed by atoms with Crippen LogP contribution in [0.15, 0.2) is 46.0 Å². The van der Waals surface area contributed by atoms with E-state index in [1.807, 2.05) is 5.32 Å². The maximum Gasteiger partial charge on any atom is 0.343 e. The van der Waals surface area contributed by atoms with Crippen LogP contribution in [0.4, 0.5) is 0 Å². The molecule has 0 atom stereocenters. The standard InChI is InChI=1S/C21H17Cl2N3O6/c1-10-5-3-6-11(2)16(10)25-19(30)15(18(29)24-9-14(27)28)20(31)26(21(25)32)17-12(22)7-4-8-13(17)23/h3-8,31H,9H2,1-2H3,(H,24,29)(H,27,28). The van der Waals surface area contributed by atoms with Gasteiger partial charge in [0.25, 0.3) is 11.5 Å². The van der Waals surface area contributed by atoms with Crippen LogP contribution in [0.2, 0.25) is 10.0 Å². The van der Waals surface area contributed by atoms with Crippen molar-refractivity contribution in [2.45, 2.75) is 13.8 Å². The number of halogens is 2. The van der Waals surface area contributed by atoms with Crippen molar-refractivity contribution in [3.63, 3.8) is 0 Å². The maximum atomic E-state index is 13.5. The lowest BCUT2D eigenvalue weighted by atomic mass is 10.1. The number of amides is 1. The third-order valence-electron chi connectivity index (χ3n) is 4.69. The summed E-state index contributed by atoms with van der Waals surface area (Å²) in [5.74, 6) is -3.58.